The van der Waals surface area contributed by atoms with Crippen molar-refractivity contribution in [1.82, 2.24) is 9.97 Å². The van der Waals surface area contributed by atoms with E-state index >= 15 is 0 Å². The van der Waals surface area contributed by atoms with E-state index in [-0.39, 0.29) is 5.69 Å². The van der Waals surface area contributed by atoms with E-state index in [2.05, 4.69) is 9.97 Å². The average molecular weight is 262 g/mol. The molecule has 0 aliphatic heterocycles. The van der Waals surface area contributed by atoms with Crippen molar-refractivity contribution in [3.63, 3.8) is 0 Å². The van der Waals surface area contributed by atoms with E-state index < -0.39 is 5.97 Å². The minimum atomic E-state index is -1.00. The third-order valence-electron chi connectivity index (χ3n) is 2.27. The van der Waals surface area contributed by atoms with Gasteiger partial charge in [-0.05, 0) is 17.5 Å². The number of nitrogens with zero attached hydrogens (tertiary/aromatic N) is 2. The molecule has 0 aromatic carbocycles. The SMILES string of the molecule is O=C(O)c1csc(-c2cnc3ccsc3c2)n1. The second kappa shape index (κ2) is 3.90. The lowest BCUT2D eigenvalue weighted by Gasteiger charge is -1.95. The van der Waals surface area contributed by atoms with Crippen LogP contribution in [0.1, 0.15) is 10.5 Å². The Morgan fingerprint density at radius 3 is 3.00 bits per heavy atom. The van der Waals surface area contributed by atoms with Gasteiger partial charge in [-0.3, -0.25) is 4.98 Å². The zero-order chi connectivity index (χ0) is 11.8. The molecule has 84 valence electrons. The second-order valence-corrected chi connectivity index (χ2v) is 5.18. The van der Waals surface area contributed by atoms with Gasteiger partial charge in [0, 0.05) is 17.1 Å². The van der Waals surface area contributed by atoms with Crippen LogP contribution in [0, 0.1) is 0 Å². The van der Waals surface area contributed by atoms with Gasteiger partial charge in [-0.15, -0.1) is 22.7 Å². The molecule has 0 aliphatic carbocycles. The Morgan fingerprint density at radius 1 is 1.35 bits per heavy atom. The fourth-order valence-electron chi connectivity index (χ4n) is 1.47. The molecule has 3 heterocycles. The first-order valence-corrected chi connectivity index (χ1v) is 6.52. The fraction of sp³-hybridized carbons (Fsp3) is 0. The second-order valence-electron chi connectivity index (χ2n) is 3.37. The summed E-state index contributed by atoms with van der Waals surface area (Å²) >= 11 is 2.92. The van der Waals surface area contributed by atoms with E-state index in [1.807, 2.05) is 17.5 Å². The Labute approximate surface area is 104 Å². The van der Waals surface area contributed by atoms with Gasteiger partial charge >= 0.3 is 5.97 Å². The molecule has 0 bridgehead atoms. The maximum Gasteiger partial charge on any atom is 0.355 e. The zero-order valence-corrected chi connectivity index (χ0v) is 10.1. The quantitative estimate of drug-likeness (QED) is 0.770. The number of fused-ring (bicyclic) bond motifs is 1. The van der Waals surface area contributed by atoms with Crippen molar-refractivity contribution < 1.29 is 9.90 Å². The topological polar surface area (TPSA) is 63.1 Å². The monoisotopic (exact) mass is 262 g/mol. The summed E-state index contributed by atoms with van der Waals surface area (Å²) in [6, 6.07) is 3.94. The maximum atomic E-state index is 10.7. The minimum absolute atomic E-state index is 0.0799. The van der Waals surface area contributed by atoms with Gasteiger partial charge in [0.2, 0.25) is 0 Å². The van der Waals surface area contributed by atoms with Crippen molar-refractivity contribution >= 4 is 38.9 Å². The number of hydrogen-bond donors (Lipinski definition) is 1. The summed E-state index contributed by atoms with van der Waals surface area (Å²) in [6.45, 7) is 0. The first-order chi connectivity index (χ1) is 8.24. The van der Waals surface area contributed by atoms with Crippen LogP contribution >= 0.6 is 22.7 Å². The molecule has 3 aromatic rings. The number of thiazole rings is 1. The molecule has 0 saturated carbocycles. The number of aromatic carboxylic acids is 1. The first kappa shape index (κ1) is 10.4. The number of carboxylic acid groups (broad SMARTS) is 1. The molecule has 3 aromatic heterocycles. The Balaban J connectivity index is 2.09. The molecule has 0 aliphatic rings. The van der Waals surface area contributed by atoms with Crippen molar-refractivity contribution in [3.05, 3.63) is 34.8 Å². The number of rotatable bonds is 2. The predicted octanol–water partition coefficient (Wildman–Crippen LogP) is 3.12. The van der Waals surface area contributed by atoms with E-state index in [0.717, 1.165) is 15.8 Å². The summed E-state index contributed by atoms with van der Waals surface area (Å²) in [5, 5.41) is 13.0. The summed E-state index contributed by atoms with van der Waals surface area (Å²) in [4.78, 5) is 19.1. The summed E-state index contributed by atoms with van der Waals surface area (Å²) in [5.41, 5.74) is 1.89. The lowest BCUT2D eigenvalue weighted by atomic mass is 10.3. The van der Waals surface area contributed by atoms with E-state index in [0.29, 0.717) is 5.01 Å². The molecule has 0 amide bonds. The maximum absolute atomic E-state index is 10.7. The molecule has 0 atom stereocenters. The van der Waals surface area contributed by atoms with Crippen LogP contribution in [0.15, 0.2) is 29.1 Å². The Morgan fingerprint density at radius 2 is 2.24 bits per heavy atom. The first-order valence-electron chi connectivity index (χ1n) is 4.76. The van der Waals surface area contributed by atoms with E-state index in [9.17, 15) is 4.79 Å². The van der Waals surface area contributed by atoms with Gasteiger partial charge in [-0.2, -0.15) is 0 Å². The molecule has 0 spiro atoms. The minimum Gasteiger partial charge on any atom is -0.476 e. The highest BCUT2D eigenvalue weighted by Gasteiger charge is 2.10. The highest BCUT2D eigenvalue weighted by atomic mass is 32.1. The Kier molecular flexibility index (Phi) is 2.38. The average Bonchev–Trinajstić information content (AvgIpc) is 2.97. The third kappa shape index (κ3) is 1.81. The van der Waals surface area contributed by atoms with Crippen molar-refractivity contribution in [3.8, 4) is 10.6 Å². The number of thiophene rings is 1. The van der Waals surface area contributed by atoms with Crippen LogP contribution in [0.25, 0.3) is 20.8 Å². The highest BCUT2D eigenvalue weighted by Crippen LogP contribution is 2.28. The Hall–Kier alpha value is -1.79. The summed E-state index contributed by atoms with van der Waals surface area (Å²) in [6.07, 6.45) is 1.72. The van der Waals surface area contributed by atoms with E-state index in [4.69, 9.17) is 5.11 Å². The van der Waals surface area contributed by atoms with Crippen LogP contribution in [-0.4, -0.2) is 21.0 Å². The largest absolute Gasteiger partial charge is 0.476 e. The van der Waals surface area contributed by atoms with Gasteiger partial charge in [-0.1, -0.05) is 0 Å². The molecule has 3 rings (SSSR count). The summed E-state index contributed by atoms with van der Waals surface area (Å²) in [7, 11) is 0. The van der Waals surface area contributed by atoms with Gasteiger partial charge in [-0.25, -0.2) is 9.78 Å². The Bertz CT molecular complexity index is 702. The number of carboxylic acids is 1. The molecular weight excluding hydrogens is 256 g/mol. The fourth-order valence-corrected chi connectivity index (χ4v) is 3.02. The van der Waals surface area contributed by atoms with Gasteiger partial charge in [0.1, 0.15) is 5.01 Å². The zero-order valence-electron chi connectivity index (χ0n) is 8.45. The van der Waals surface area contributed by atoms with Crippen LogP contribution in [0.3, 0.4) is 0 Å². The number of carbonyl (C=O) groups is 1. The van der Waals surface area contributed by atoms with Crippen LogP contribution in [0.2, 0.25) is 0 Å². The van der Waals surface area contributed by atoms with Crippen LogP contribution < -0.4 is 0 Å². The van der Waals surface area contributed by atoms with E-state index in [1.54, 1.807) is 17.5 Å². The lowest BCUT2D eigenvalue weighted by molar-refractivity contribution is 0.0691. The lowest BCUT2D eigenvalue weighted by Crippen LogP contribution is -1.95. The van der Waals surface area contributed by atoms with Crippen LogP contribution in [0.5, 0.6) is 0 Å². The molecule has 0 saturated heterocycles. The molecule has 1 N–H and O–H groups in total. The molecular formula is C11H6N2O2S2. The normalized spacial score (nSPS) is 10.8. The standard InChI is InChI=1S/C11H6N2O2S2/c14-11(15)8-5-17-10(13-8)6-3-9-7(12-4-6)1-2-16-9/h1-5H,(H,14,15). The smallest absolute Gasteiger partial charge is 0.355 e. The molecule has 0 radical (unpaired) electrons. The molecule has 0 fully saturated rings. The van der Waals surface area contributed by atoms with Crippen LogP contribution in [0.4, 0.5) is 0 Å². The number of aromatic nitrogens is 2. The molecule has 0 unspecified atom stereocenters. The predicted molar refractivity (Wildman–Crippen MR) is 67.7 cm³/mol. The highest BCUT2D eigenvalue weighted by molar-refractivity contribution is 7.17. The number of hydrogen-bond acceptors (Lipinski definition) is 5. The molecule has 6 heteroatoms. The summed E-state index contributed by atoms with van der Waals surface area (Å²) < 4.78 is 1.08. The van der Waals surface area contributed by atoms with Gasteiger partial charge < -0.3 is 5.11 Å². The van der Waals surface area contributed by atoms with Crippen molar-refractivity contribution in [1.29, 1.82) is 0 Å². The van der Waals surface area contributed by atoms with Crippen molar-refractivity contribution in [2.45, 2.75) is 0 Å². The van der Waals surface area contributed by atoms with Crippen LogP contribution in [-0.2, 0) is 0 Å². The number of pyridine rings is 1. The van der Waals surface area contributed by atoms with Gasteiger partial charge in [0.25, 0.3) is 0 Å². The molecule has 4 nitrogen and oxygen atoms in total. The van der Waals surface area contributed by atoms with Gasteiger partial charge in [0.05, 0.1) is 10.2 Å². The van der Waals surface area contributed by atoms with Gasteiger partial charge in [0.15, 0.2) is 5.69 Å². The van der Waals surface area contributed by atoms with E-state index in [1.165, 1.54) is 16.7 Å². The summed E-state index contributed by atoms with van der Waals surface area (Å²) in [5.74, 6) is -1.00. The van der Waals surface area contributed by atoms with Crippen molar-refractivity contribution in [2.75, 3.05) is 0 Å². The third-order valence-corrected chi connectivity index (χ3v) is 4.02. The molecule has 17 heavy (non-hydrogen) atoms. The van der Waals surface area contributed by atoms with Crippen molar-refractivity contribution in [2.24, 2.45) is 0 Å².